The Bertz CT molecular complexity index is 444. The molecule has 0 bridgehead atoms. The van der Waals surface area contributed by atoms with Gasteiger partial charge in [0.2, 0.25) is 0 Å². The molecule has 2 unspecified atom stereocenters. The van der Waals surface area contributed by atoms with Gasteiger partial charge in [0.05, 0.1) is 12.7 Å². The second-order valence-electron chi connectivity index (χ2n) is 5.14. The fourth-order valence-electron chi connectivity index (χ4n) is 2.61. The minimum absolute atomic E-state index is 0.108. The average molecular weight is 345 g/mol. The van der Waals surface area contributed by atoms with Crippen molar-refractivity contribution in [2.45, 2.75) is 25.5 Å². The summed E-state index contributed by atoms with van der Waals surface area (Å²) in [7, 11) is 1.91. The first-order valence-corrected chi connectivity index (χ1v) is 7.88. The van der Waals surface area contributed by atoms with E-state index in [0.717, 1.165) is 36.3 Å². The van der Waals surface area contributed by atoms with E-state index in [-0.39, 0.29) is 18.0 Å². The third-order valence-corrected chi connectivity index (χ3v) is 4.39. The molecule has 1 aromatic rings. The number of ether oxygens (including phenoxy) is 1. The van der Waals surface area contributed by atoms with Gasteiger partial charge in [0.25, 0.3) is 0 Å². The lowest BCUT2D eigenvalue weighted by atomic mass is 9.99. The monoisotopic (exact) mass is 344 g/mol. The van der Waals surface area contributed by atoms with Crippen LogP contribution in [0.1, 0.15) is 12.5 Å². The quantitative estimate of drug-likeness (QED) is 0.887. The van der Waals surface area contributed by atoms with Crippen molar-refractivity contribution >= 4 is 15.9 Å². The fourth-order valence-corrected chi connectivity index (χ4v) is 2.94. The van der Waals surface area contributed by atoms with Gasteiger partial charge >= 0.3 is 0 Å². The van der Waals surface area contributed by atoms with E-state index in [1.807, 2.05) is 19.2 Å². The van der Waals surface area contributed by atoms with Crippen LogP contribution in [0.25, 0.3) is 0 Å². The maximum absolute atomic E-state index is 13.9. The first-order valence-electron chi connectivity index (χ1n) is 7.09. The molecule has 112 valence electrons. The maximum Gasteiger partial charge on any atom is 0.127 e. The van der Waals surface area contributed by atoms with Crippen molar-refractivity contribution in [3.05, 3.63) is 34.1 Å². The predicted octanol–water partition coefficient (Wildman–Crippen LogP) is 2.44. The molecule has 2 atom stereocenters. The van der Waals surface area contributed by atoms with E-state index in [0.29, 0.717) is 6.42 Å². The molecule has 1 heterocycles. The molecule has 0 aromatic heterocycles. The minimum atomic E-state index is -0.164. The van der Waals surface area contributed by atoms with Crippen molar-refractivity contribution in [2.24, 2.45) is 0 Å². The summed E-state index contributed by atoms with van der Waals surface area (Å²) in [5.41, 5.74) is 0.727. The van der Waals surface area contributed by atoms with Crippen molar-refractivity contribution in [1.82, 2.24) is 10.2 Å². The number of nitrogens with zero attached hydrogens (tertiary/aromatic N) is 1. The van der Waals surface area contributed by atoms with Crippen LogP contribution in [0.4, 0.5) is 4.39 Å². The van der Waals surface area contributed by atoms with Gasteiger partial charge < -0.3 is 10.1 Å². The molecule has 1 aliphatic rings. The second-order valence-corrected chi connectivity index (χ2v) is 6.05. The Labute approximate surface area is 128 Å². The predicted molar refractivity (Wildman–Crippen MR) is 82.5 cm³/mol. The molecule has 5 heteroatoms. The van der Waals surface area contributed by atoms with Gasteiger partial charge in [-0.3, -0.25) is 4.90 Å². The average Bonchev–Trinajstić information content (AvgIpc) is 2.46. The van der Waals surface area contributed by atoms with Gasteiger partial charge in [-0.15, -0.1) is 0 Å². The number of halogens is 2. The summed E-state index contributed by atoms with van der Waals surface area (Å²) in [6, 6.07) is 5.36. The van der Waals surface area contributed by atoms with Gasteiger partial charge in [0, 0.05) is 23.6 Å². The van der Waals surface area contributed by atoms with Gasteiger partial charge in [0.15, 0.2) is 0 Å². The van der Waals surface area contributed by atoms with Crippen molar-refractivity contribution in [2.75, 3.05) is 33.3 Å². The van der Waals surface area contributed by atoms with Crippen LogP contribution in [-0.2, 0) is 11.2 Å². The van der Waals surface area contributed by atoms with Crippen LogP contribution in [0.2, 0.25) is 0 Å². The molecule has 3 nitrogen and oxygen atoms in total. The number of hydrogen-bond acceptors (Lipinski definition) is 3. The molecule has 0 aliphatic carbocycles. The fraction of sp³-hybridized carbons (Fsp3) is 0.600. The van der Waals surface area contributed by atoms with Crippen LogP contribution >= 0.6 is 15.9 Å². The van der Waals surface area contributed by atoms with Crippen molar-refractivity contribution in [3.8, 4) is 0 Å². The molecule has 0 radical (unpaired) electrons. The minimum Gasteiger partial charge on any atom is -0.374 e. The standard InChI is InChI=1S/C15H22BrFN2O/c1-3-19-6-7-20-15(10-19)14(18-2)8-11-4-5-12(16)9-13(11)17/h4-5,9,14-15,18H,3,6-8,10H2,1-2H3. The number of rotatable bonds is 5. The molecule has 0 saturated carbocycles. The van der Waals surface area contributed by atoms with Crippen LogP contribution in [0.3, 0.4) is 0 Å². The smallest absolute Gasteiger partial charge is 0.127 e. The summed E-state index contributed by atoms with van der Waals surface area (Å²) in [6.45, 7) is 5.82. The zero-order valence-corrected chi connectivity index (χ0v) is 13.6. The molecule has 1 aliphatic heterocycles. The SMILES string of the molecule is CCN1CCOC(C(Cc2ccc(Br)cc2F)NC)C1. The van der Waals surface area contributed by atoms with Gasteiger partial charge in [-0.2, -0.15) is 0 Å². The number of likely N-dealkylation sites (N-methyl/N-ethyl adjacent to an activating group) is 2. The van der Waals surface area contributed by atoms with E-state index >= 15 is 0 Å². The van der Waals surface area contributed by atoms with Crippen molar-refractivity contribution in [1.29, 1.82) is 0 Å². The number of nitrogens with one attached hydrogen (secondary N) is 1. The second kappa shape index (κ2) is 7.50. The molecular weight excluding hydrogens is 323 g/mol. The summed E-state index contributed by atoms with van der Waals surface area (Å²) in [6.07, 6.45) is 0.745. The molecule has 1 N–H and O–H groups in total. The van der Waals surface area contributed by atoms with E-state index in [1.54, 1.807) is 0 Å². The Morgan fingerprint density at radius 2 is 2.35 bits per heavy atom. The number of hydrogen-bond donors (Lipinski definition) is 1. The van der Waals surface area contributed by atoms with E-state index in [1.165, 1.54) is 6.07 Å². The van der Waals surface area contributed by atoms with E-state index < -0.39 is 0 Å². The molecule has 1 fully saturated rings. The summed E-state index contributed by atoms with van der Waals surface area (Å²) < 4.78 is 20.6. The van der Waals surface area contributed by atoms with E-state index in [9.17, 15) is 4.39 Å². The molecule has 1 aromatic carbocycles. The molecule has 20 heavy (non-hydrogen) atoms. The highest BCUT2D eigenvalue weighted by molar-refractivity contribution is 9.10. The van der Waals surface area contributed by atoms with E-state index in [4.69, 9.17) is 4.74 Å². The lowest BCUT2D eigenvalue weighted by molar-refractivity contribution is -0.0437. The van der Waals surface area contributed by atoms with Crippen LogP contribution in [0.15, 0.2) is 22.7 Å². The molecule has 1 saturated heterocycles. The third-order valence-electron chi connectivity index (χ3n) is 3.90. The summed E-state index contributed by atoms with van der Waals surface area (Å²) >= 11 is 3.29. The Morgan fingerprint density at radius 3 is 3.00 bits per heavy atom. The third kappa shape index (κ3) is 4.01. The molecular formula is C15H22BrFN2O. The number of benzene rings is 1. The van der Waals surface area contributed by atoms with Gasteiger partial charge in [-0.05, 0) is 37.7 Å². The zero-order chi connectivity index (χ0) is 14.5. The van der Waals surface area contributed by atoms with Crippen LogP contribution < -0.4 is 5.32 Å². The van der Waals surface area contributed by atoms with Crippen LogP contribution in [0, 0.1) is 5.82 Å². The zero-order valence-electron chi connectivity index (χ0n) is 12.0. The van der Waals surface area contributed by atoms with Crippen molar-refractivity contribution < 1.29 is 9.13 Å². The molecule has 2 rings (SSSR count). The highest BCUT2D eigenvalue weighted by atomic mass is 79.9. The van der Waals surface area contributed by atoms with Gasteiger partial charge in [-0.1, -0.05) is 28.9 Å². The summed E-state index contributed by atoms with van der Waals surface area (Å²) in [4.78, 5) is 2.37. The number of morpholine rings is 1. The normalized spacial score (nSPS) is 21.9. The first kappa shape index (κ1) is 15.9. The Hall–Kier alpha value is -0.490. The van der Waals surface area contributed by atoms with Gasteiger partial charge in [-0.25, -0.2) is 4.39 Å². The lowest BCUT2D eigenvalue weighted by Crippen LogP contribution is -2.52. The van der Waals surface area contributed by atoms with Crippen LogP contribution in [0.5, 0.6) is 0 Å². The Kier molecular flexibility index (Phi) is 5.96. The van der Waals surface area contributed by atoms with E-state index in [2.05, 4.69) is 33.1 Å². The topological polar surface area (TPSA) is 24.5 Å². The Morgan fingerprint density at radius 1 is 1.55 bits per heavy atom. The maximum atomic E-state index is 13.9. The first-order chi connectivity index (χ1) is 9.63. The Balaban J connectivity index is 2.04. The lowest BCUT2D eigenvalue weighted by Gasteiger charge is -2.36. The summed E-state index contributed by atoms with van der Waals surface area (Å²) in [5, 5.41) is 3.28. The molecule has 0 amide bonds. The van der Waals surface area contributed by atoms with Crippen molar-refractivity contribution in [3.63, 3.8) is 0 Å². The molecule has 0 spiro atoms. The largest absolute Gasteiger partial charge is 0.374 e. The van der Waals surface area contributed by atoms with Crippen LogP contribution in [-0.4, -0.2) is 50.3 Å². The van der Waals surface area contributed by atoms with Gasteiger partial charge in [0.1, 0.15) is 5.82 Å². The highest BCUT2D eigenvalue weighted by Gasteiger charge is 2.27. The summed E-state index contributed by atoms with van der Waals surface area (Å²) in [5.74, 6) is -0.164. The highest BCUT2D eigenvalue weighted by Crippen LogP contribution is 2.19.